The van der Waals surface area contributed by atoms with Crippen LogP contribution in [-0.2, 0) is 21.3 Å². The summed E-state index contributed by atoms with van der Waals surface area (Å²) in [5.74, 6) is 1.01. The van der Waals surface area contributed by atoms with E-state index in [1.807, 2.05) is 24.3 Å². The molecule has 0 amide bonds. The van der Waals surface area contributed by atoms with Crippen molar-refractivity contribution in [2.75, 3.05) is 69.4 Å². The first-order valence-electron chi connectivity index (χ1n) is 11.2. The van der Waals surface area contributed by atoms with Crippen molar-refractivity contribution in [3.63, 3.8) is 0 Å². The van der Waals surface area contributed by atoms with Crippen molar-refractivity contribution >= 4 is 43.0 Å². The predicted octanol–water partition coefficient (Wildman–Crippen LogP) is 2.46. The fourth-order valence-electron chi connectivity index (χ4n) is 4.44. The maximum Gasteiger partial charge on any atom is 0.211 e. The third-order valence-electron chi connectivity index (χ3n) is 6.21. The normalized spacial score (nSPS) is 18.8. The van der Waals surface area contributed by atoms with Crippen molar-refractivity contribution in [3.8, 4) is 11.3 Å². The molecule has 0 bridgehead atoms. The van der Waals surface area contributed by atoms with Crippen LogP contribution in [0.1, 0.15) is 4.88 Å². The van der Waals surface area contributed by atoms with Gasteiger partial charge < -0.3 is 15.4 Å². The van der Waals surface area contributed by atoms with Crippen molar-refractivity contribution in [3.05, 3.63) is 41.3 Å². The van der Waals surface area contributed by atoms with Crippen LogP contribution in [0.5, 0.6) is 0 Å². The molecule has 2 aromatic heterocycles. The number of sulfonamides is 1. The minimum Gasteiger partial charge on any atom is -0.399 e. The average Bonchev–Trinajstić information content (AvgIpc) is 3.21. The number of piperazine rings is 1. The van der Waals surface area contributed by atoms with Crippen LogP contribution in [0.4, 0.5) is 11.5 Å². The van der Waals surface area contributed by atoms with Gasteiger partial charge in [0.2, 0.25) is 10.0 Å². The predicted molar refractivity (Wildman–Crippen MR) is 134 cm³/mol. The lowest BCUT2D eigenvalue weighted by molar-refractivity contribution is 0.122. The fourth-order valence-corrected chi connectivity index (χ4v) is 6.46. The van der Waals surface area contributed by atoms with E-state index >= 15 is 0 Å². The largest absolute Gasteiger partial charge is 0.399 e. The zero-order valence-electron chi connectivity index (χ0n) is 18.7. The number of hydrogen-bond donors (Lipinski definition) is 1. The smallest absolute Gasteiger partial charge is 0.211 e. The fraction of sp³-hybridized carbons (Fsp3) is 0.435. The molecule has 2 N–H and O–H groups in total. The lowest BCUT2D eigenvalue weighted by Gasteiger charge is -2.32. The number of benzene rings is 1. The van der Waals surface area contributed by atoms with Gasteiger partial charge in [-0.05, 0) is 29.7 Å². The van der Waals surface area contributed by atoms with Crippen LogP contribution < -0.4 is 10.6 Å². The summed E-state index contributed by atoms with van der Waals surface area (Å²) in [6.07, 6.45) is 1.28. The van der Waals surface area contributed by atoms with E-state index in [-0.39, 0.29) is 0 Å². The van der Waals surface area contributed by atoms with Crippen LogP contribution >= 0.6 is 11.3 Å². The van der Waals surface area contributed by atoms with Gasteiger partial charge in [0, 0.05) is 61.9 Å². The second-order valence-electron chi connectivity index (χ2n) is 8.63. The molecule has 3 aromatic rings. The standard InChI is InChI=1S/C23H29N5O3S2/c1-33(29,30)28-7-5-26(6-8-28)16-20-14-18-15-21(17-3-2-4-19(24)13-17)25-23(22(18)32-20)27-9-11-31-12-10-27/h2-4,13-15H,5-12,16,24H2,1H3. The van der Waals surface area contributed by atoms with Crippen molar-refractivity contribution in [1.82, 2.24) is 14.2 Å². The minimum atomic E-state index is -3.12. The Balaban J connectivity index is 1.45. The van der Waals surface area contributed by atoms with Crippen molar-refractivity contribution < 1.29 is 13.2 Å². The summed E-state index contributed by atoms with van der Waals surface area (Å²) in [6, 6.07) is 12.3. The molecular weight excluding hydrogens is 458 g/mol. The van der Waals surface area contributed by atoms with Gasteiger partial charge in [0.05, 0.1) is 29.9 Å². The first-order chi connectivity index (χ1) is 15.9. The summed E-state index contributed by atoms with van der Waals surface area (Å²) in [6.45, 7) is 6.44. The number of aromatic nitrogens is 1. The van der Waals surface area contributed by atoms with Crippen molar-refractivity contribution in [2.45, 2.75) is 6.54 Å². The lowest BCUT2D eigenvalue weighted by Crippen LogP contribution is -2.47. The highest BCUT2D eigenvalue weighted by Crippen LogP contribution is 2.37. The Kier molecular flexibility index (Phi) is 6.28. The molecule has 2 saturated heterocycles. The number of ether oxygens (including phenoxy) is 1. The molecule has 33 heavy (non-hydrogen) atoms. The summed E-state index contributed by atoms with van der Waals surface area (Å²) in [5, 5.41) is 1.18. The Labute approximate surface area is 198 Å². The summed E-state index contributed by atoms with van der Waals surface area (Å²) in [5.41, 5.74) is 8.69. The minimum absolute atomic E-state index is 0.546. The molecule has 2 aliphatic rings. The van der Waals surface area contributed by atoms with Crippen LogP contribution in [-0.4, -0.2) is 81.3 Å². The molecule has 1 aromatic carbocycles. The number of fused-ring (bicyclic) bond motifs is 1. The van der Waals surface area contributed by atoms with Crippen LogP contribution in [0.3, 0.4) is 0 Å². The summed E-state index contributed by atoms with van der Waals surface area (Å²) < 4.78 is 31.9. The molecule has 0 radical (unpaired) electrons. The van der Waals surface area contributed by atoms with Gasteiger partial charge in [0.1, 0.15) is 5.82 Å². The van der Waals surface area contributed by atoms with E-state index in [9.17, 15) is 8.42 Å². The molecular formula is C23H29N5O3S2. The van der Waals surface area contributed by atoms with Crippen LogP contribution in [0.15, 0.2) is 36.4 Å². The molecule has 0 atom stereocenters. The molecule has 2 fully saturated rings. The zero-order chi connectivity index (χ0) is 23.0. The van der Waals surface area contributed by atoms with Gasteiger partial charge in [-0.1, -0.05) is 12.1 Å². The van der Waals surface area contributed by atoms with Crippen molar-refractivity contribution in [2.24, 2.45) is 0 Å². The van der Waals surface area contributed by atoms with Crippen LogP contribution in [0.25, 0.3) is 21.3 Å². The highest BCUT2D eigenvalue weighted by atomic mass is 32.2. The maximum atomic E-state index is 11.8. The van der Waals surface area contributed by atoms with E-state index in [0.29, 0.717) is 26.3 Å². The summed E-state index contributed by atoms with van der Waals surface area (Å²) >= 11 is 1.78. The average molecular weight is 488 g/mol. The number of morpholine rings is 1. The van der Waals surface area contributed by atoms with E-state index in [1.165, 1.54) is 21.2 Å². The third-order valence-corrected chi connectivity index (χ3v) is 8.64. The number of nitrogen functional groups attached to an aromatic ring is 1. The first kappa shape index (κ1) is 22.5. The second kappa shape index (κ2) is 9.19. The number of rotatable bonds is 5. The third kappa shape index (κ3) is 4.99. The quantitative estimate of drug-likeness (QED) is 0.553. The Morgan fingerprint density at radius 1 is 1.06 bits per heavy atom. The summed E-state index contributed by atoms with van der Waals surface area (Å²) in [4.78, 5) is 11.0. The number of nitrogens with zero attached hydrogens (tertiary/aromatic N) is 4. The van der Waals surface area contributed by atoms with E-state index in [4.69, 9.17) is 15.5 Å². The highest BCUT2D eigenvalue weighted by molar-refractivity contribution is 7.88. The summed E-state index contributed by atoms with van der Waals surface area (Å²) in [7, 11) is -3.12. The molecule has 4 heterocycles. The van der Waals surface area contributed by atoms with E-state index in [0.717, 1.165) is 55.5 Å². The maximum absolute atomic E-state index is 11.8. The number of thiophene rings is 1. The van der Waals surface area contributed by atoms with Crippen molar-refractivity contribution in [1.29, 1.82) is 0 Å². The molecule has 2 aliphatic heterocycles. The van der Waals surface area contributed by atoms with Gasteiger partial charge in [-0.2, -0.15) is 4.31 Å². The molecule has 5 rings (SSSR count). The van der Waals surface area contributed by atoms with E-state index in [1.54, 1.807) is 15.6 Å². The second-order valence-corrected chi connectivity index (χ2v) is 11.7. The monoisotopic (exact) mass is 487 g/mol. The molecule has 8 nitrogen and oxygen atoms in total. The first-order valence-corrected chi connectivity index (χ1v) is 13.8. The number of pyridine rings is 1. The van der Waals surface area contributed by atoms with Gasteiger partial charge >= 0.3 is 0 Å². The topological polar surface area (TPSA) is 92.0 Å². The Morgan fingerprint density at radius 2 is 1.82 bits per heavy atom. The Hall–Kier alpha value is -2.24. The molecule has 0 saturated carbocycles. The van der Waals surface area contributed by atoms with Gasteiger partial charge in [-0.3, -0.25) is 4.90 Å². The zero-order valence-corrected chi connectivity index (χ0v) is 20.4. The Bertz CT molecular complexity index is 1250. The highest BCUT2D eigenvalue weighted by Gasteiger charge is 2.24. The molecule has 0 aliphatic carbocycles. The van der Waals surface area contributed by atoms with E-state index < -0.39 is 10.0 Å². The van der Waals surface area contributed by atoms with Gasteiger partial charge in [0.15, 0.2) is 0 Å². The van der Waals surface area contributed by atoms with Gasteiger partial charge in [-0.25, -0.2) is 13.4 Å². The molecule has 10 heteroatoms. The Morgan fingerprint density at radius 3 is 2.52 bits per heavy atom. The van der Waals surface area contributed by atoms with Gasteiger partial charge in [0.25, 0.3) is 0 Å². The lowest BCUT2D eigenvalue weighted by atomic mass is 10.1. The van der Waals surface area contributed by atoms with Gasteiger partial charge in [-0.15, -0.1) is 11.3 Å². The number of hydrogen-bond acceptors (Lipinski definition) is 8. The number of nitrogens with two attached hydrogens (primary N) is 1. The van der Waals surface area contributed by atoms with Crippen LogP contribution in [0.2, 0.25) is 0 Å². The molecule has 0 spiro atoms. The number of anilines is 2. The van der Waals surface area contributed by atoms with E-state index in [2.05, 4.69) is 21.9 Å². The molecule has 176 valence electrons. The molecule has 0 unspecified atom stereocenters. The SMILES string of the molecule is CS(=O)(=O)N1CCN(Cc2cc3cc(-c4cccc(N)c4)nc(N4CCOCC4)c3s2)CC1. The van der Waals surface area contributed by atoms with Crippen LogP contribution in [0, 0.1) is 0 Å².